The van der Waals surface area contributed by atoms with Gasteiger partial charge in [-0.05, 0) is 47.5 Å². The minimum Gasteiger partial charge on any atom is -0.383 e. The van der Waals surface area contributed by atoms with Gasteiger partial charge in [-0.15, -0.1) is 0 Å². The maximum absolute atomic E-state index is 6.62. The van der Waals surface area contributed by atoms with Crippen molar-refractivity contribution in [2.75, 3.05) is 0 Å². The predicted octanol–water partition coefficient (Wildman–Crippen LogP) is 9.72. The molecule has 0 atom stereocenters. The van der Waals surface area contributed by atoms with Crippen LogP contribution < -0.4 is 5.73 Å². The van der Waals surface area contributed by atoms with Gasteiger partial charge in [-0.1, -0.05) is 123 Å². The van der Waals surface area contributed by atoms with Crippen molar-refractivity contribution < 1.29 is 0 Å². The Labute approximate surface area is 285 Å². The van der Waals surface area contributed by atoms with Crippen molar-refractivity contribution >= 4 is 44.4 Å². The van der Waals surface area contributed by atoms with Gasteiger partial charge in [-0.3, -0.25) is 4.99 Å². The molecule has 236 valence electrons. The number of amidine groups is 2. The minimum atomic E-state index is -0.247. The van der Waals surface area contributed by atoms with Gasteiger partial charge in [-0.25, -0.2) is 4.99 Å². The van der Waals surface area contributed by atoms with Crippen LogP contribution in [-0.2, 0) is 12.0 Å². The summed E-state index contributed by atoms with van der Waals surface area (Å²) in [4.78, 5) is 10.00. The first-order valence-corrected chi connectivity index (χ1v) is 16.8. The summed E-state index contributed by atoms with van der Waals surface area (Å²) in [5.74, 6) is 1.03. The zero-order valence-electron chi connectivity index (χ0n) is 27.5. The normalized spacial score (nSPS) is 14.1. The molecule has 0 bridgehead atoms. The Hall–Kier alpha value is -6.20. The Bertz CT molecular complexity index is 2600. The molecule has 3 heterocycles. The van der Waals surface area contributed by atoms with E-state index in [9.17, 15) is 0 Å². The summed E-state index contributed by atoms with van der Waals surface area (Å²) < 4.78 is 4.81. The maximum Gasteiger partial charge on any atom is 0.157 e. The van der Waals surface area contributed by atoms with Crippen LogP contribution in [0.1, 0.15) is 41.7 Å². The van der Waals surface area contributed by atoms with Crippen molar-refractivity contribution in [3.63, 3.8) is 0 Å². The number of aliphatic imine (C=N–C) groups is 2. The summed E-state index contributed by atoms with van der Waals surface area (Å²) in [6.45, 7) is 5.23. The first kappa shape index (κ1) is 29.0. The van der Waals surface area contributed by atoms with Crippen molar-refractivity contribution in [2.45, 2.75) is 25.8 Å². The highest BCUT2D eigenvalue weighted by atomic mass is 15.0. The van der Waals surface area contributed by atoms with E-state index in [-0.39, 0.29) is 5.41 Å². The van der Waals surface area contributed by atoms with Crippen LogP contribution in [0.5, 0.6) is 0 Å². The van der Waals surface area contributed by atoms with E-state index in [4.69, 9.17) is 15.7 Å². The van der Waals surface area contributed by atoms with E-state index in [1.165, 1.54) is 44.0 Å². The Balaban J connectivity index is 1.30. The third-order valence-electron chi connectivity index (χ3n) is 9.98. The van der Waals surface area contributed by atoms with E-state index < -0.39 is 0 Å². The SMILES string of the molecule is CC1(C)c2ccccc2-n2ccc3cc4c5ccccc5n(-c5cccc(C(N=C(N)c6ccccc6)=NCc6ccccc6)c5)c4c1c32. The van der Waals surface area contributed by atoms with Gasteiger partial charge < -0.3 is 14.9 Å². The second kappa shape index (κ2) is 11.2. The molecular weight excluding hydrogens is 599 g/mol. The van der Waals surface area contributed by atoms with Crippen LogP contribution in [0.3, 0.4) is 0 Å². The van der Waals surface area contributed by atoms with E-state index in [0.29, 0.717) is 18.2 Å². The van der Waals surface area contributed by atoms with Crippen LogP contribution in [0.4, 0.5) is 0 Å². The summed E-state index contributed by atoms with van der Waals surface area (Å²) in [5.41, 5.74) is 17.8. The molecule has 2 N–H and O–H groups in total. The second-order valence-electron chi connectivity index (χ2n) is 13.3. The fraction of sp³-hybridized carbons (Fsp3) is 0.0909. The van der Waals surface area contributed by atoms with Crippen LogP contribution in [0.25, 0.3) is 44.1 Å². The molecule has 6 aromatic carbocycles. The first-order valence-electron chi connectivity index (χ1n) is 16.8. The molecule has 0 amide bonds. The minimum absolute atomic E-state index is 0.247. The molecule has 5 nitrogen and oxygen atoms in total. The van der Waals surface area contributed by atoms with E-state index in [1.807, 2.05) is 48.5 Å². The van der Waals surface area contributed by atoms with Gasteiger partial charge in [0.2, 0.25) is 0 Å². The van der Waals surface area contributed by atoms with E-state index in [1.54, 1.807) is 0 Å². The summed E-state index contributed by atoms with van der Waals surface area (Å²) in [5, 5.41) is 3.73. The molecule has 9 rings (SSSR count). The summed E-state index contributed by atoms with van der Waals surface area (Å²) in [6.07, 6.45) is 2.22. The number of hydrogen-bond donors (Lipinski definition) is 1. The third kappa shape index (κ3) is 4.61. The zero-order chi connectivity index (χ0) is 33.1. The van der Waals surface area contributed by atoms with Gasteiger partial charge >= 0.3 is 0 Å². The highest BCUT2D eigenvalue weighted by Crippen LogP contribution is 2.49. The lowest BCUT2D eigenvalue weighted by Crippen LogP contribution is -2.27. The van der Waals surface area contributed by atoms with Gasteiger partial charge in [0.25, 0.3) is 0 Å². The number of nitrogens with two attached hydrogens (primary N) is 1. The van der Waals surface area contributed by atoms with E-state index >= 15 is 0 Å². The number of aromatic nitrogens is 2. The Kier molecular flexibility index (Phi) is 6.63. The number of rotatable bonds is 5. The van der Waals surface area contributed by atoms with Crippen LogP contribution >= 0.6 is 0 Å². The van der Waals surface area contributed by atoms with Crippen LogP contribution in [0, 0.1) is 0 Å². The number of fused-ring (bicyclic) bond motifs is 6. The third-order valence-corrected chi connectivity index (χ3v) is 9.98. The van der Waals surface area contributed by atoms with Gasteiger partial charge in [0.1, 0.15) is 5.84 Å². The van der Waals surface area contributed by atoms with E-state index in [2.05, 4.69) is 126 Å². The molecule has 0 aliphatic carbocycles. The topological polar surface area (TPSA) is 60.6 Å². The molecule has 0 saturated carbocycles. The maximum atomic E-state index is 6.62. The molecule has 0 spiro atoms. The Morgan fingerprint density at radius 2 is 1.39 bits per heavy atom. The van der Waals surface area contributed by atoms with Crippen molar-refractivity contribution in [1.82, 2.24) is 9.13 Å². The van der Waals surface area contributed by atoms with Gasteiger partial charge in [-0.2, -0.15) is 0 Å². The summed E-state index contributed by atoms with van der Waals surface area (Å²) in [7, 11) is 0. The number of hydrogen-bond acceptors (Lipinski definition) is 1. The number of nitrogens with zero attached hydrogens (tertiary/aromatic N) is 4. The molecule has 5 heteroatoms. The first-order chi connectivity index (χ1) is 24.0. The molecule has 0 saturated heterocycles. The van der Waals surface area contributed by atoms with Gasteiger partial charge in [0.15, 0.2) is 5.84 Å². The fourth-order valence-corrected chi connectivity index (χ4v) is 7.67. The molecule has 0 unspecified atom stereocenters. The smallest absolute Gasteiger partial charge is 0.157 e. The van der Waals surface area contributed by atoms with Gasteiger partial charge in [0, 0.05) is 55.8 Å². The Morgan fingerprint density at radius 3 is 2.22 bits per heavy atom. The fourth-order valence-electron chi connectivity index (χ4n) is 7.67. The van der Waals surface area contributed by atoms with Crippen molar-refractivity contribution in [2.24, 2.45) is 15.7 Å². The molecule has 0 radical (unpaired) electrons. The lowest BCUT2D eigenvalue weighted by Gasteiger charge is -2.35. The monoisotopic (exact) mass is 633 g/mol. The molecule has 8 aromatic rings. The lowest BCUT2D eigenvalue weighted by atomic mass is 9.74. The van der Waals surface area contributed by atoms with E-state index in [0.717, 1.165) is 27.9 Å². The Morgan fingerprint density at radius 1 is 0.673 bits per heavy atom. The average molecular weight is 634 g/mol. The zero-order valence-corrected chi connectivity index (χ0v) is 27.5. The second-order valence-corrected chi connectivity index (χ2v) is 13.3. The van der Waals surface area contributed by atoms with Crippen LogP contribution in [0.2, 0.25) is 0 Å². The van der Waals surface area contributed by atoms with Gasteiger partial charge in [0.05, 0.1) is 23.1 Å². The lowest BCUT2D eigenvalue weighted by molar-refractivity contribution is 0.632. The van der Waals surface area contributed by atoms with Crippen LogP contribution in [0.15, 0.2) is 162 Å². The molecule has 2 aromatic heterocycles. The molecule has 1 aliphatic rings. The van der Waals surface area contributed by atoms with Crippen molar-refractivity contribution in [3.05, 3.63) is 180 Å². The summed E-state index contributed by atoms with van der Waals surface area (Å²) in [6, 6.07) is 50.9. The van der Waals surface area contributed by atoms with Crippen molar-refractivity contribution in [1.29, 1.82) is 0 Å². The molecule has 49 heavy (non-hydrogen) atoms. The quantitative estimate of drug-likeness (QED) is 0.149. The standard InChI is InChI=1S/C44H35N5/c1-44(2)36-21-10-12-23-38(36)48-25-24-31-27-35-34-20-9-11-22-37(34)49(41(35)39(44)40(31)48)33-19-13-18-32(26-33)43(46-28-29-14-5-3-6-15-29)47-42(45)30-16-7-4-8-17-30/h3-27H,28H2,1-2H3,(H2,45,46,47). The largest absolute Gasteiger partial charge is 0.383 e. The van der Waals surface area contributed by atoms with Crippen molar-refractivity contribution in [3.8, 4) is 11.4 Å². The molecule has 1 aliphatic heterocycles. The summed E-state index contributed by atoms with van der Waals surface area (Å²) >= 11 is 0. The highest BCUT2D eigenvalue weighted by molar-refractivity contribution is 6.17. The predicted molar refractivity (Wildman–Crippen MR) is 204 cm³/mol. The number of para-hydroxylation sites is 2. The molecule has 0 fully saturated rings. The average Bonchev–Trinajstić information content (AvgIpc) is 3.72. The highest BCUT2D eigenvalue weighted by Gasteiger charge is 2.37. The van der Waals surface area contributed by atoms with Crippen LogP contribution in [-0.4, -0.2) is 20.8 Å². The molecular formula is C44H35N5. The number of benzene rings is 6.